The van der Waals surface area contributed by atoms with Gasteiger partial charge in [0.25, 0.3) is 5.91 Å². The molecule has 2 aliphatic rings. The summed E-state index contributed by atoms with van der Waals surface area (Å²) in [6, 6.07) is -0.538. The molecule has 0 spiro atoms. The third kappa shape index (κ3) is 4.47. The SMILES string of the molecule is CC(NC(=O)C1CCCCC1)C(O)C(=O)NCC1CC1. The number of carbonyl (C=O) groups is 2. The Bertz CT molecular complexity index is 349. The summed E-state index contributed by atoms with van der Waals surface area (Å²) >= 11 is 0. The van der Waals surface area contributed by atoms with Crippen molar-refractivity contribution in [2.24, 2.45) is 11.8 Å². The van der Waals surface area contributed by atoms with E-state index in [1.807, 2.05) is 0 Å². The van der Waals surface area contributed by atoms with Gasteiger partial charge in [-0.1, -0.05) is 19.3 Å². The van der Waals surface area contributed by atoms with E-state index in [1.54, 1.807) is 6.92 Å². The van der Waals surface area contributed by atoms with E-state index in [1.165, 1.54) is 6.42 Å². The molecule has 3 N–H and O–H groups in total. The predicted molar refractivity (Wildman–Crippen MR) is 75.9 cm³/mol. The molecule has 0 saturated heterocycles. The van der Waals surface area contributed by atoms with Crippen LogP contribution in [0.3, 0.4) is 0 Å². The molecule has 5 heteroatoms. The van der Waals surface area contributed by atoms with Crippen molar-refractivity contribution >= 4 is 11.8 Å². The second-order valence-electron chi connectivity index (χ2n) is 6.27. The normalized spacial score (nSPS) is 22.9. The molecule has 2 fully saturated rings. The largest absolute Gasteiger partial charge is 0.381 e. The molecular weight excluding hydrogens is 256 g/mol. The Labute approximate surface area is 120 Å². The molecule has 0 aromatic heterocycles. The first kappa shape index (κ1) is 15.3. The number of hydrogen-bond acceptors (Lipinski definition) is 3. The third-order valence-corrected chi connectivity index (χ3v) is 4.35. The van der Waals surface area contributed by atoms with Crippen LogP contribution in [0.15, 0.2) is 0 Å². The summed E-state index contributed by atoms with van der Waals surface area (Å²) in [6.07, 6.45) is 6.38. The second kappa shape index (κ2) is 7.07. The fraction of sp³-hybridized carbons (Fsp3) is 0.867. The molecule has 2 amide bonds. The smallest absolute Gasteiger partial charge is 0.250 e. The van der Waals surface area contributed by atoms with E-state index in [4.69, 9.17) is 0 Å². The molecule has 0 bridgehead atoms. The van der Waals surface area contributed by atoms with E-state index in [2.05, 4.69) is 10.6 Å². The quantitative estimate of drug-likeness (QED) is 0.679. The maximum atomic E-state index is 12.1. The first-order chi connectivity index (χ1) is 9.58. The molecule has 0 radical (unpaired) electrons. The van der Waals surface area contributed by atoms with Crippen molar-refractivity contribution in [3.63, 3.8) is 0 Å². The summed E-state index contributed by atoms with van der Waals surface area (Å²) in [6.45, 7) is 2.32. The Morgan fingerprint density at radius 2 is 1.80 bits per heavy atom. The maximum Gasteiger partial charge on any atom is 0.250 e. The van der Waals surface area contributed by atoms with E-state index in [-0.39, 0.29) is 17.7 Å². The van der Waals surface area contributed by atoms with Crippen LogP contribution < -0.4 is 10.6 Å². The number of aliphatic hydroxyl groups is 1. The van der Waals surface area contributed by atoms with E-state index in [9.17, 15) is 14.7 Å². The lowest BCUT2D eigenvalue weighted by Crippen LogP contribution is -2.50. The average Bonchev–Trinajstić information content (AvgIpc) is 3.29. The first-order valence-electron chi connectivity index (χ1n) is 7.84. The van der Waals surface area contributed by atoms with Gasteiger partial charge in [-0.05, 0) is 38.5 Å². The van der Waals surface area contributed by atoms with Crippen LogP contribution in [0, 0.1) is 11.8 Å². The third-order valence-electron chi connectivity index (χ3n) is 4.35. The van der Waals surface area contributed by atoms with E-state index >= 15 is 0 Å². The Morgan fingerprint density at radius 1 is 1.15 bits per heavy atom. The molecular formula is C15H26N2O3. The zero-order valence-corrected chi connectivity index (χ0v) is 12.2. The monoisotopic (exact) mass is 282 g/mol. The van der Waals surface area contributed by atoms with E-state index < -0.39 is 12.1 Å². The van der Waals surface area contributed by atoms with Crippen molar-refractivity contribution in [1.29, 1.82) is 0 Å². The highest BCUT2D eigenvalue weighted by atomic mass is 16.3. The molecule has 2 aliphatic carbocycles. The number of hydrogen-bond donors (Lipinski definition) is 3. The van der Waals surface area contributed by atoms with Crippen LogP contribution in [0.2, 0.25) is 0 Å². The maximum absolute atomic E-state index is 12.1. The summed E-state index contributed by atoms with van der Waals surface area (Å²) in [5, 5.41) is 15.5. The van der Waals surface area contributed by atoms with Gasteiger partial charge in [0.15, 0.2) is 6.10 Å². The lowest BCUT2D eigenvalue weighted by atomic mass is 9.88. The van der Waals surface area contributed by atoms with Crippen molar-refractivity contribution in [1.82, 2.24) is 10.6 Å². The first-order valence-corrected chi connectivity index (χ1v) is 7.84. The van der Waals surface area contributed by atoms with Gasteiger partial charge in [0.1, 0.15) is 0 Å². The molecule has 0 heterocycles. The van der Waals surface area contributed by atoms with Gasteiger partial charge < -0.3 is 15.7 Å². The van der Waals surface area contributed by atoms with Crippen LogP contribution in [-0.4, -0.2) is 35.6 Å². The lowest BCUT2D eigenvalue weighted by molar-refractivity contribution is -0.133. The lowest BCUT2D eigenvalue weighted by Gasteiger charge is -2.25. The fourth-order valence-electron chi connectivity index (χ4n) is 2.68. The number of carbonyl (C=O) groups excluding carboxylic acids is 2. The van der Waals surface area contributed by atoms with Crippen molar-refractivity contribution < 1.29 is 14.7 Å². The van der Waals surface area contributed by atoms with Crippen LogP contribution in [-0.2, 0) is 9.59 Å². The summed E-state index contributed by atoms with van der Waals surface area (Å²) in [5.41, 5.74) is 0. The van der Waals surface area contributed by atoms with Gasteiger partial charge in [0, 0.05) is 12.5 Å². The van der Waals surface area contributed by atoms with Gasteiger partial charge in [-0.3, -0.25) is 9.59 Å². The number of amides is 2. The zero-order valence-electron chi connectivity index (χ0n) is 12.2. The Balaban J connectivity index is 1.72. The molecule has 5 nitrogen and oxygen atoms in total. The summed E-state index contributed by atoms with van der Waals surface area (Å²) < 4.78 is 0. The van der Waals surface area contributed by atoms with Crippen molar-refractivity contribution in [2.45, 2.75) is 64.0 Å². The highest BCUT2D eigenvalue weighted by molar-refractivity contribution is 5.83. The average molecular weight is 282 g/mol. The van der Waals surface area contributed by atoms with Gasteiger partial charge in [-0.2, -0.15) is 0 Å². The predicted octanol–water partition coefficient (Wildman–Crippen LogP) is 0.958. The molecule has 20 heavy (non-hydrogen) atoms. The molecule has 2 unspecified atom stereocenters. The fourth-order valence-corrected chi connectivity index (χ4v) is 2.68. The van der Waals surface area contributed by atoms with Gasteiger partial charge in [0.2, 0.25) is 5.91 Å². The second-order valence-corrected chi connectivity index (χ2v) is 6.27. The van der Waals surface area contributed by atoms with Gasteiger partial charge in [-0.25, -0.2) is 0 Å². The molecule has 2 atom stereocenters. The molecule has 0 aromatic carbocycles. The van der Waals surface area contributed by atoms with Crippen LogP contribution in [0.4, 0.5) is 0 Å². The molecule has 2 rings (SSSR count). The summed E-state index contributed by atoms with van der Waals surface area (Å²) in [4.78, 5) is 23.8. The minimum atomic E-state index is -1.17. The summed E-state index contributed by atoms with van der Waals surface area (Å²) in [5.74, 6) is 0.228. The van der Waals surface area contributed by atoms with Gasteiger partial charge >= 0.3 is 0 Å². The van der Waals surface area contributed by atoms with Crippen LogP contribution in [0.1, 0.15) is 51.9 Å². The van der Waals surface area contributed by atoms with Gasteiger partial charge in [0.05, 0.1) is 6.04 Å². The van der Waals surface area contributed by atoms with Crippen molar-refractivity contribution in [2.75, 3.05) is 6.54 Å². The Kier molecular flexibility index (Phi) is 5.40. The Morgan fingerprint density at radius 3 is 2.40 bits per heavy atom. The molecule has 0 aliphatic heterocycles. The molecule has 2 saturated carbocycles. The summed E-state index contributed by atoms with van der Waals surface area (Å²) in [7, 11) is 0. The van der Waals surface area contributed by atoms with E-state index in [0.717, 1.165) is 38.5 Å². The standard InChI is InChI=1S/C15H26N2O3/c1-10(13(18)15(20)16-9-11-7-8-11)17-14(19)12-5-3-2-4-6-12/h10-13,18H,2-9H2,1H3,(H,16,20)(H,17,19). The number of nitrogens with one attached hydrogen (secondary N) is 2. The molecule has 114 valence electrons. The zero-order chi connectivity index (χ0) is 14.5. The topological polar surface area (TPSA) is 78.4 Å². The van der Waals surface area contributed by atoms with E-state index in [0.29, 0.717) is 12.5 Å². The van der Waals surface area contributed by atoms with Crippen LogP contribution in [0.5, 0.6) is 0 Å². The number of aliphatic hydroxyl groups excluding tert-OH is 1. The van der Waals surface area contributed by atoms with Crippen molar-refractivity contribution in [3.8, 4) is 0 Å². The van der Waals surface area contributed by atoms with Crippen molar-refractivity contribution in [3.05, 3.63) is 0 Å². The number of rotatable bonds is 6. The molecule has 0 aromatic rings. The highest BCUT2D eigenvalue weighted by Gasteiger charge is 2.29. The van der Waals surface area contributed by atoms with Crippen LogP contribution in [0.25, 0.3) is 0 Å². The minimum Gasteiger partial charge on any atom is -0.381 e. The van der Waals surface area contributed by atoms with Gasteiger partial charge in [-0.15, -0.1) is 0 Å². The van der Waals surface area contributed by atoms with Crippen LogP contribution >= 0.6 is 0 Å². The Hall–Kier alpha value is -1.10. The minimum absolute atomic E-state index is 0.0220. The highest BCUT2D eigenvalue weighted by Crippen LogP contribution is 2.27.